The number of pyridine rings is 1. The van der Waals surface area contributed by atoms with E-state index in [2.05, 4.69) is 47.8 Å². The number of piperidine rings is 1. The molecule has 0 bridgehead atoms. The maximum absolute atomic E-state index is 12.6. The van der Waals surface area contributed by atoms with Gasteiger partial charge in [0.1, 0.15) is 17.3 Å². The van der Waals surface area contributed by atoms with Crippen LogP contribution in [0.3, 0.4) is 0 Å². The maximum atomic E-state index is 12.6. The van der Waals surface area contributed by atoms with Gasteiger partial charge in [-0.05, 0) is 73.3 Å². The number of anilines is 3. The van der Waals surface area contributed by atoms with Crippen LogP contribution in [0.2, 0.25) is 5.02 Å². The summed E-state index contributed by atoms with van der Waals surface area (Å²) >= 11 is 6.44. The number of rotatable bonds is 6. The number of ether oxygens (including phenoxy) is 1. The van der Waals surface area contributed by atoms with Gasteiger partial charge in [0, 0.05) is 42.0 Å². The number of fused-ring (bicyclic) bond motifs is 1. The van der Waals surface area contributed by atoms with Crippen LogP contribution in [0, 0.1) is 5.92 Å². The van der Waals surface area contributed by atoms with Crippen LogP contribution in [0.25, 0.3) is 11.0 Å². The molecule has 3 N–H and O–H groups in total. The van der Waals surface area contributed by atoms with Gasteiger partial charge in [0.15, 0.2) is 0 Å². The lowest BCUT2D eigenvalue weighted by Crippen LogP contribution is -2.34. The highest BCUT2D eigenvalue weighted by Gasteiger charge is 2.21. The van der Waals surface area contributed by atoms with Gasteiger partial charge < -0.3 is 25.3 Å². The molecule has 9 heteroatoms. The molecular formula is C29H33ClN6O2. The molecule has 5 rings (SSSR count). The minimum absolute atomic E-state index is 0.00129. The summed E-state index contributed by atoms with van der Waals surface area (Å²) in [6.45, 7) is 8.15. The van der Waals surface area contributed by atoms with Crippen LogP contribution in [0.15, 0.2) is 54.7 Å². The van der Waals surface area contributed by atoms with E-state index in [9.17, 15) is 4.79 Å². The van der Waals surface area contributed by atoms with E-state index in [1.54, 1.807) is 18.3 Å². The highest BCUT2D eigenvalue weighted by molar-refractivity contribution is 6.31. The molecule has 0 unspecified atom stereocenters. The first-order valence-corrected chi connectivity index (χ1v) is 13.2. The zero-order valence-electron chi connectivity index (χ0n) is 22.1. The zero-order valence-corrected chi connectivity index (χ0v) is 22.9. The monoisotopic (exact) mass is 532 g/mol. The molecule has 0 spiro atoms. The van der Waals surface area contributed by atoms with E-state index in [1.807, 2.05) is 41.9 Å². The number of nitrogens with zero attached hydrogens (tertiary/aromatic N) is 3. The number of aromatic nitrogens is 3. The van der Waals surface area contributed by atoms with Crippen LogP contribution in [0.1, 0.15) is 39.2 Å². The maximum Gasteiger partial charge on any atom is 0.228 e. The largest absolute Gasteiger partial charge is 0.457 e. The molecule has 198 valence electrons. The lowest BCUT2D eigenvalue weighted by atomic mass is 9.87. The van der Waals surface area contributed by atoms with Gasteiger partial charge in [-0.1, -0.05) is 32.4 Å². The van der Waals surface area contributed by atoms with Gasteiger partial charge >= 0.3 is 0 Å². The summed E-state index contributed by atoms with van der Waals surface area (Å²) in [4.78, 5) is 21.7. The van der Waals surface area contributed by atoms with Crippen LogP contribution in [0.4, 0.5) is 17.5 Å². The average Bonchev–Trinajstić information content (AvgIpc) is 3.19. The van der Waals surface area contributed by atoms with Gasteiger partial charge in [0.2, 0.25) is 11.9 Å². The Morgan fingerprint density at radius 2 is 1.84 bits per heavy atom. The average molecular weight is 533 g/mol. The Bertz CT molecular complexity index is 1470. The number of hydrogen-bond acceptors (Lipinski definition) is 6. The third-order valence-corrected chi connectivity index (χ3v) is 7.14. The quantitative estimate of drug-likeness (QED) is 0.266. The van der Waals surface area contributed by atoms with E-state index in [0.717, 1.165) is 53.2 Å². The Labute approximate surface area is 227 Å². The van der Waals surface area contributed by atoms with Crippen molar-refractivity contribution in [1.82, 2.24) is 19.9 Å². The molecule has 38 heavy (non-hydrogen) atoms. The van der Waals surface area contributed by atoms with Crippen molar-refractivity contribution < 1.29 is 9.53 Å². The van der Waals surface area contributed by atoms with Crippen LogP contribution < -0.4 is 20.7 Å². The predicted octanol–water partition coefficient (Wildman–Crippen LogP) is 6.39. The standard InChI is InChI=1S/C29H33ClN6O2/c1-29(2,3)22-15-19(5-7-23(22)30)33-28-34-24-16-20(6-8-25(24)36(28)4)38-21-11-14-32-26(17-21)35-27(37)18-9-12-31-13-10-18/h5-8,11,14-18,31H,9-10,12-13H2,1-4H3,(H,33,34)(H,32,35,37). The zero-order chi connectivity index (χ0) is 26.9. The van der Waals surface area contributed by atoms with Crippen LogP contribution in [0.5, 0.6) is 11.5 Å². The highest BCUT2D eigenvalue weighted by atomic mass is 35.5. The van der Waals surface area contributed by atoms with Gasteiger partial charge in [-0.15, -0.1) is 0 Å². The van der Waals surface area contributed by atoms with Crippen molar-refractivity contribution in [3.8, 4) is 11.5 Å². The smallest absolute Gasteiger partial charge is 0.228 e. The summed E-state index contributed by atoms with van der Waals surface area (Å²) < 4.78 is 8.11. The summed E-state index contributed by atoms with van der Waals surface area (Å²) in [5.74, 6) is 2.43. The molecule has 8 nitrogen and oxygen atoms in total. The van der Waals surface area contributed by atoms with Crippen molar-refractivity contribution in [3.63, 3.8) is 0 Å². The second kappa shape index (κ2) is 10.6. The summed E-state index contributed by atoms with van der Waals surface area (Å²) in [5.41, 5.74) is 3.68. The summed E-state index contributed by atoms with van der Waals surface area (Å²) in [5, 5.41) is 10.4. The molecule has 1 saturated heterocycles. The van der Waals surface area contributed by atoms with Crippen molar-refractivity contribution in [2.45, 2.75) is 39.0 Å². The SMILES string of the molecule is Cn1c(Nc2ccc(Cl)c(C(C)(C)C)c2)nc2cc(Oc3ccnc(NC(=O)C4CCNCC4)c3)ccc21. The number of amides is 1. The number of hydrogen-bond donors (Lipinski definition) is 3. The van der Waals surface area contributed by atoms with Crippen molar-refractivity contribution in [3.05, 3.63) is 65.3 Å². The van der Waals surface area contributed by atoms with Crippen molar-refractivity contribution in [2.75, 3.05) is 23.7 Å². The van der Waals surface area contributed by atoms with Crippen molar-refractivity contribution >= 4 is 46.0 Å². The number of carbonyl (C=O) groups is 1. The Hall–Kier alpha value is -3.62. The predicted molar refractivity (Wildman–Crippen MR) is 153 cm³/mol. The fourth-order valence-corrected chi connectivity index (χ4v) is 5.05. The molecule has 4 aromatic rings. The van der Waals surface area contributed by atoms with Gasteiger partial charge in [-0.3, -0.25) is 4.79 Å². The molecule has 1 amide bonds. The molecule has 0 atom stereocenters. The van der Waals surface area contributed by atoms with Crippen LogP contribution >= 0.6 is 11.6 Å². The number of benzene rings is 2. The molecule has 1 aliphatic rings. The Balaban J connectivity index is 1.32. The Kier molecular flexibility index (Phi) is 7.27. The third-order valence-electron chi connectivity index (χ3n) is 6.81. The van der Waals surface area contributed by atoms with E-state index in [0.29, 0.717) is 23.3 Å². The summed E-state index contributed by atoms with van der Waals surface area (Å²) in [6, 6.07) is 15.2. The molecule has 1 aliphatic heterocycles. The van der Waals surface area contributed by atoms with E-state index < -0.39 is 0 Å². The van der Waals surface area contributed by atoms with Crippen LogP contribution in [-0.2, 0) is 17.3 Å². The van der Waals surface area contributed by atoms with Crippen molar-refractivity contribution in [1.29, 1.82) is 0 Å². The van der Waals surface area contributed by atoms with Gasteiger partial charge in [0.25, 0.3) is 0 Å². The molecule has 1 fully saturated rings. The fraction of sp³-hybridized carbons (Fsp3) is 0.345. The summed E-state index contributed by atoms with van der Waals surface area (Å²) in [6.07, 6.45) is 3.30. The molecule has 2 aromatic carbocycles. The number of carbonyl (C=O) groups excluding carboxylic acids is 1. The normalized spacial score (nSPS) is 14.4. The Morgan fingerprint density at radius 3 is 2.61 bits per heavy atom. The van der Waals surface area contributed by atoms with Crippen molar-refractivity contribution in [2.24, 2.45) is 13.0 Å². The van der Waals surface area contributed by atoms with E-state index in [4.69, 9.17) is 21.3 Å². The highest BCUT2D eigenvalue weighted by Crippen LogP contribution is 2.33. The molecule has 0 radical (unpaired) electrons. The first-order chi connectivity index (χ1) is 18.2. The lowest BCUT2D eigenvalue weighted by molar-refractivity contribution is -0.120. The minimum atomic E-state index is -0.0731. The second-order valence-electron chi connectivity index (χ2n) is 10.7. The molecule has 0 aliphatic carbocycles. The number of imidazole rings is 1. The topological polar surface area (TPSA) is 93.1 Å². The second-order valence-corrected chi connectivity index (χ2v) is 11.1. The summed E-state index contributed by atoms with van der Waals surface area (Å²) in [7, 11) is 1.97. The molecule has 0 saturated carbocycles. The third kappa shape index (κ3) is 5.76. The van der Waals surface area contributed by atoms with E-state index in [-0.39, 0.29) is 17.2 Å². The lowest BCUT2D eigenvalue weighted by Gasteiger charge is -2.21. The number of aryl methyl sites for hydroxylation is 1. The van der Waals surface area contributed by atoms with Gasteiger partial charge in [-0.2, -0.15) is 0 Å². The van der Waals surface area contributed by atoms with Gasteiger partial charge in [-0.25, -0.2) is 9.97 Å². The molecule has 3 heterocycles. The van der Waals surface area contributed by atoms with Crippen LogP contribution in [-0.4, -0.2) is 33.5 Å². The Morgan fingerprint density at radius 1 is 1.08 bits per heavy atom. The fourth-order valence-electron chi connectivity index (χ4n) is 4.65. The number of halogens is 1. The number of nitrogens with one attached hydrogen (secondary N) is 3. The first-order valence-electron chi connectivity index (χ1n) is 12.9. The van der Waals surface area contributed by atoms with E-state index in [1.165, 1.54) is 0 Å². The molecular weight excluding hydrogens is 500 g/mol. The van der Waals surface area contributed by atoms with Gasteiger partial charge in [0.05, 0.1) is 11.0 Å². The van der Waals surface area contributed by atoms with E-state index >= 15 is 0 Å². The minimum Gasteiger partial charge on any atom is -0.457 e. The molecule has 2 aromatic heterocycles. The first kappa shape index (κ1) is 26.0.